The van der Waals surface area contributed by atoms with Gasteiger partial charge in [0.25, 0.3) is 5.91 Å². The second-order valence-corrected chi connectivity index (χ2v) is 7.41. The van der Waals surface area contributed by atoms with Crippen molar-refractivity contribution in [3.63, 3.8) is 0 Å². The van der Waals surface area contributed by atoms with Crippen molar-refractivity contribution in [1.29, 1.82) is 0 Å². The molecule has 0 spiro atoms. The maximum Gasteiger partial charge on any atom is 0.278 e. The third-order valence-corrected chi connectivity index (χ3v) is 5.39. The highest BCUT2D eigenvalue weighted by atomic mass is 16.3. The van der Waals surface area contributed by atoms with Gasteiger partial charge < -0.3 is 15.1 Å². The first kappa shape index (κ1) is 16.4. The van der Waals surface area contributed by atoms with Crippen molar-refractivity contribution in [2.45, 2.75) is 44.6 Å². The van der Waals surface area contributed by atoms with Crippen LogP contribution in [0.5, 0.6) is 0 Å². The van der Waals surface area contributed by atoms with Crippen LogP contribution in [0.25, 0.3) is 11.1 Å². The van der Waals surface area contributed by atoms with Crippen molar-refractivity contribution in [1.82, 2.24) is 25.3 Å². The largest absolute Gasteiger partial charge is 0.440 e. The van der Waals surface area contributed by atoms with E-state index in [1.807, 2.05) is 29.8 Å². The van der Waals surface area contributed by atoms with Gasteiger partial charge in [-0.3, -0.25) is 4.79 Å². The molecule has 3 heterocycles. The molecule has 0 radical (unpaired) electrons. The fourth-order valence-corrected chi connectivity index (χ4v) is 3.66. The summed E-state index contributed by atoms with van der Waals surface area (Å²) < 4.78 is 7.71. The van der Waals surface area contributed by atoms with Gasteiger partial charge in [-0.2, -0.15) is 0 Å². The molecule has 0 bridgehead atoms. The number of carbonyl (C=O) groups is 1. The lowest BCUT2D eigenvalue weighted by Crippen LogP contribution is -2.30. The monoisotopic (exact) mass is 366 g/mol. The Morgan fingerprint density at radius 3 is 2.85 bits per heavy atom. The van der Waals surface area contributed by atoms with Gasteiger partial charge in [0.1, 0.15) is 5.52 Å². The lowest BCUT2D eigenvalue weighted by Gasteiger charge is -2.23. The predicted octanol–water partition coefficient (Wildman–Crippen LogP) is 2.78. The Morgan fingerprint density at radius 1 is 1.26 bits per heavy atom. The molecule has 2 fully saturated rings. The molecule has 27 heavy (non-hydrogen) atoms. The second kappa shape index (κ2) is 6.45. The minimum Gasteiger partial charge on any atom is -0.440 e. The Morgan fingerprint density at radius 2 is 2.07 bits per heavy atom. The summed E-state index contributed by atoms with van der Waals surface area (Å²) in [5.74, 6) is 1.01. The second-order valence-electron chi connectivity index (χ2n) is 7.41. The van der Waals surface area contributed by atoms with Crippen LogP contribution < -0.4 is 10.6 Å². The average Bonchev–Trinajstić information content (AvgIpc) is 3.33. The quantitative estimate of drug-likeness (QED) is 0.737. The number of fused-ring (bicyclic) bond motifs is 1. The number of piperidine rings is 1. The molecule has 1 amide bonds. The number of hydrogen-bond donors (Lipinski definition) is 2. The molecule has 2 aromatic heterocycles. The average molecular weight is 366 g/mol. The van der Waals surface area contributed by atoms with Crippen LogP contribution in [-0.2, 0) is 0 Å². The molecule has 1 aliphatic carbocycles. The molecule has 1 saturated carbocycles. The number of nitrogens with one attached hydrogen (secondary N) is 2. The molecule has 1 aromatic carbocycles. The summed E-state index contributed by atoms with van der Waals surface area (Å²) in [7, 11) is 0. The molecule has 0 unspecified atom stereocenters. The highest BCUT2D eigenvalue weighted by Crippen LogP contribution is 2.40. The number of amides is 1. The molecule has 140 valence electrons. The van der Waals surface area contributed by atoms with Gasteiger partial charge in [0, 0.05) is 17.7 Å². The number of hydrogen-bond acceptors (Lipinski definition) is 6. The van der Waals surface area contributed by atoms with E-state index in [9.17, 15) is 4.79 Å². The first-order chi connectivity index (χ1) is 13.2. The Hall–Kier alpha value is -2.74. The zero-order valence-electron chi connectivity index (χ0n) is 15.2. The van der Waals surface area contributed by atoms with Crippen molar-refractivity contribution < 1.29 is 9.21 Å². The number of aromatic nitrogens is 4. The van der Waals surface area contributed by atoms with Gasteiger partial charge in [-0.25, -0.2) is 9.67 Å². The molecular weight excluding hydrogens is 344 g/mol. The van der Waals surface area contributed by atoms with E-state index in [2.05, 4.69) is 25.9 Å². The molecule has 2 aliphatic rings. The lowest BCUT2D eigenvalue weighted by molar-refractivity contribution is 0.102. The number of benzene rings is 1. The van der Waals surface area contributed by atoms with Crippen LogP contribution >= 0.6 is 0 Å². The smallest absolute Gasteiger partial charge is 0.278 e. The maximum absolute atomic E-state index is 12.7. The summed E-state index contributed by atoms with van der Waals surface area (Å²) in [6, 6.07) is 5.83. The topological polar surface area (TPSA) is 97.9 Å². The van der Waals surface area contributed by atoms with Crippen molar-refractivity contribution in [3.8, 4) is 0 Å². The maximum atomic E-state index is 12.7. The molecule has 1 saturated heterocycles. The van der Waals surface area contributed by atoms with E-state index < -0.39 is 0 Å². The van der Waals surface area contributed by atoms with E-state index in [1.165, 1.54) is 0 Å². The third kappa shape index (κ3) is 3.10. The molecule has 5 rings (SSSR count). The fourth-order valence-electron chi connectivity index (χ4n) is 3.66. The summed E-state index contributed by atoms with van der Waals surface area (Å²) in [6.45, 7) is 3.83. The fraction of sp³-hybridized carbons (Fsp3) is 0.474. The highest BCUT2D eigenvalue weighted by molar-refractivity contribution is 6.04. The van der Waals surface area contributed by atoms with Crippen LogP contribution in [0, 0.1) is 6.92 Å². The zero-order chi connectivity index (χ0) is 18.4. The van der Waals surface area contributed by atoms with Crippen molar-refractivity contribution in [3.05, 3.63) is 35.5 Å². The summed E-state index contributed by atoms with van der Waals surface area (Å²) in [5, 5.41) is 14.6. The zero-order valence-corrected chi connectivity index (χ0v) is 15.2. The Bertz CT molecular complexity index is 997. The van der Waals surface area contributed by atoms with Crippen LogP contribution in [0.15, 0.2) is 22.6 Å². The standard InChI is InChI=1S/C19H22N6O2/c1-11-17(23-24-25(11)14-6-8-20-9-7-14)18(26)21-13-4-5-15-16(10-13)27-19(22-15)12-2-3-12/h4-5,10,12,14,20H,2-3,6-9H2,1H3,(H,21,26). The SMILES string of the molecule is Cc1c(C(=O)Nc2ccc3nc(C4CC4)oc3c2)nnn1C1CCNCC1. The van der Waals surface area contributed by atoms with Gasteiger partial charge >= 0.3 is 0 Å². The Balaban J connectivity index is 1.35. The molecule has 3 aromatic rings. The molecular formula is C19H22N6O2. The Labute approximate surface area is 156 Å². The minimum absolute atomic E-state index is 0.256. The van der Waals surface area contributed by atoms with E-state index in [-0.39, 0.29) is 5.91 Å². The number of nitrogens with zero attached hydrogens (tertiary/aromatic N) is 4. The van der Waals surface area contributed by atoms with Gasteiger partial charge in [-0.05, 0) is 57.8 Å². The molecule has 8 nitrogen and oxygen atoms in total. The van der Waals surface area contributed by atoms with E-state index >= 15 is 0 Å². The summed E-state index contributed by atoms with van der Waals surface area (Å²) in [5.41, 5.74) is 3.36. The van der Waals surface area contributed by atoms with Crippen LogP contribution in [-0.4, -0.2) is 39.0 Å². The van der Waals surface area contributed by atoms with Crippen LogP contribution in [0.1, 0.15) is 59.7 Å². The number of oxazole rings is 1. The van der Waals surface area contributed by atoms with Gasteiger partial charge in [0.05, 0.1) is 11.7 Å². The van der Waals surface area contributed by atoms with Gasteiger partial charge in [0.15, 0.2) is 17.2 Å². The third-order valence-electron chi connectivity index (χ3n) is 5.39. The summed E-state index contributed by atoms with van der Waals surface area (Å²) >= 11 is 0. The molecule has 8 heteroatoms. The van der Waals surface area contributed by atoms with Gasteiger partial charge in [0.2, 0.25) is 0 Å². The number of anilines is 1. The predicted molar refractivity (Wildman–Crippen MR) is 99.8 cm³/mol. The highest BCUT2D eigenvalue weighted by Gasteiger charge is 2.29. The van der Waals surface area contributed by atoms with Gasteiger partial charge in [-0.1, -0.05) is 5.21 Å². The van der Waals surface area contributed by atoms with E-state index in [1.54, 1.807) is 0 Å². The van der Waals surface area contributed by atoms with Crippen molar-refractivity contribution in [2.75, 3.05) is 18.4 Å². The van der Waals surface area contributed by atoms with E-state index in [0.29, 0.717) is 28.9 Å². The van der Waals surface area contributed by atoms with Crippen molar-refractivity contribution in [2.24, 2.45) is 0 Å². The van der Waals surface area contributed by atoms with Gasteiger partial charge in [-0.15, -0.1) is 5.10 Å². The minimum atomic E-state index is -0.256. The summed E-state index contributed by atoms with van der Waals surface area (Å²) in [4.78, 5) is 17.2. The van der Waals surface area contributed by atoms with Crippen molar-refractivity contribution >= 4 is 22.7 Å². The lowest BCUT2D eigenvalue weighted by atomic mass is 10.1. The van der Waals surface area contributed by atoms with Crippen LogP contribution in [0.3, 0.4) is 0 Å². The number of carbonyl (C=O) groups excluding carboxylic acids is 1. The summed E-state index contributed by atoms with van der Waals surface area (Å²) in [6.07, 6.45) is 4.28. The van der Waals surface area contributed by atoms with E-state index in [0.717, 1.165) is 55.9 Å². The molecule has 0 atom stereocenters. The molecule has 2 N–H and O–H groups in total. The normalized spacial score (nSPS) is 18.1. The van der Waals surface area contributed by atoms with Crippen LogP contribution in [0.4, 0.5) is 5.69 Å². The Kier molecular flexibility index (Phi) is 3.93. The molecule has 1 aliphatic heterocycles. The first-order valence-corrected chi connectivity index (χ1v) is 9.53. The van der Waals surface area contributed by atoms with Crippen LogP contribution in [0.2, 0.25) is 0 Å². The number of rotatable bonds is 4. The first-order valence-electron chi connectivity index (χ1n) is 9.53. The van der Waals surface area contributed by atoms with E-state index in [4.69, 9.17) is 4.42 Å².